The zero-order valence-corrected chi connectivity index (χ0v) is 9.27. The Morgan fingerprint density at radius 2 is 2.00 bits per heavy atom. The van der Waals surface area contributed by atoms with E-state index in [4.69, 9.17) is 5.73 Å². The van der Waals surface area contributed by atoms with Gasteiger partial charge in [-0.05, 0) is 24.7 Å². The van der Waals surface area contributed by atoms with Crippen molar-refractivity contribution in [3.05, 3.63) is 12.4 Å². The van der Waals surface area contributed by atoms with E-state index in [1.807, 2.05) is 0 Å². The summed E-state index contributed by atoms with van der Waals surface area (Å²) in [5.74, 6) is 2.67. The molecule has 0 aliphatic heterocycles. The number of hydrogen-bond donors (Lipinski definition) is 2. The van der Waals surface area contributed by atoms with Gasteiger partial charge in [-0.3, -0.25) is 0 Å². The number of aromatic nitrogens is 2. The fraction of sp³-hybridized carbons (Fsp3) is 0.636. The molecule has 1 heterocycles. The van der Waals surface area contributed by atoms with E-state index in [2.05, 4.69) is 29.1 Å². The molecule has 3 unspecified atom stereocenters. The molecule has 1 aliphatic rings. The van der Waals surface area contributed by atoms with E-state index in [-0.39, 0.29) is 0 Å². The lowest BCUT2D eigenvalue weighted by molar-refractivity contribution is 0.435. The predicted molar refractivity (Wildman–Crippen MR) is 61.4 cm³/mol. The molecule has 1 aliphatic carbocycles. The summed E-state index contributed by atoms with van der Waals surface area (Å²) < 4.78 is 0. The second kappa shape index (κ2) is 4.04. The van der Waals surface area contributed by atoms with Gasteiger partial charge in [0.15, 0.2) is 11.6 Å². The lowest BCUT2D eigenvalue weighted by atomic mass is 9.98. The third kappa shape index (κ3) is 2.03. The third-order valence-corrected chi connectivity index (χ3v) is 3.51. The Morgan fingerprint density at radius 3 is 2.60 bits per heavy atom. The summed E-state index contributed by atoms with van der Waals surface area (Å²) in [7, 11) is 0. The molecule has 4 nitrogen and oxygen atoms in total. The van der Waals surface area contributed by atoms with Crippen molar-refractivity contribution in [2.24, 2.45) is 11.8 Å². The van der Waals surface area contributed by atoms with Gasteiger partial charge >= 0.3 is 0 Å². The minimum atomic E-state index is 0.485. The van der Waals surface area contributed by atoms with Gasteiger partial charge in [0.2, 0.25) is 0 Å². The van der Waals surface area contributed by atoms with Crippen molar-refractivity contribution in [2.75, 3.05) is 11.1 Å². The Kier molecular flexibility index (Phi) is 2.75. The highest BCUT2D eigenvalue weighted by molar-refractivity contribution is 5.55. The summed E-state index contributed by atoms with van der Waals surface area (Å²) in [6, 6.07) is 0.485. The average molecular weight is 206 g/mol. The van der Waals surface area contributed by atoms with Gasteiger partial charge in [-0.15, -0.1) is 0 Å². The van der Waals surface area contributed by atoms with Crippen LogP contribution in [0.2, 0.25) is 0 Å². The number of anilines is 2. The molecule has 0 aromatic carbocycles. The van der Waals surface area contributed by atoms with Crippen LogP contribution in [0.1, 0.15) is 26.7 Å². The molecule has 1 fully saturated rings. The van der Waals surface area contributed by atoms with Crippen molar-refractivity contribution in [3.63, 3.8) is 0 Å². The van der Waals surface area contributed by atoms with Gasteiger partial charge in [-0.2, -0.15) is 0 Å². The smallest absolute Gasteiger partial charge is 0.169 e. The zero-order valence-electron chi connectivity index (χ0n) is 9.27. The van der Waals surface area contributed by atoms with Gasteiger partial charge in [0.25, 0.3) is 0 Å². The standard InChI is InChI=1S/C11H18N4/c1-7-3-4-9(8(7)2)15-11-10(12)13-5-6-14-11/h5-9H,3-4H2,1-2H3,(H2,12,13)(H,14,15). The average Bonchev–Trinajstić information content (AvgIpc) is 2.53. The van der Waals surface area contributed by atoms with Gasteiger partial charge in [-0.25, -0.2) is 9.97 Å². The van der Waals surface area contributed by atoms with E-state index < -0.39 is 0 Å². The lowest BCUT2D eigenvalue weighted by Crippen LogP contribution is -2.25. The first-order valence-electron chi connectivity index (χ1n) is 5.51. The fourth-order valence-electron chi connectivity index (χ4n) is 2.20. The maximum atomic E-state index is 5.74. The minimum absolute atomic E-state index is 0.485. The van der Waals surface area contributed by atoms with Crippen LogP contribution < -0.4 is 11.1 Å². The molecule has 0 spiro atoms. The highest BCUT2D eigenvalue weighted by Crippen LogP contribution is 2.33. The molecule has 2 rings (SSSR count). The monoisotopic (exact) mass is 206 g/mol. The molecule has 0 bridgehead atoms. The second-order valence-corrected chi connectivity index (χ2v) is 4.45. The molecular weight excluding hydrogens is 188 g/mol. The van der Waals surface area contributed by atoms with E-state index >= 15 is 0 Å². The lowest BCUT2D eigenvalue weighted by Gasteiger charge is -2.20. The SMILES string of the molecule is CC1CCC(Nc2nccnc2N)C1C. The highest BCUT2D eigenvalue weighted by atomic mass is 15.1. The van der Waals surface area contributed by atoms with Gasteiger partial charge in [-0.1, -0.05) is 13.8 Å². The summed E-state index contributed by atoms with van der Waals surface area (Å²) in [6.45, 7) is 4.58. The van der Waals surface area contributed by atoms with Crippen molar-refractivity contribution >= 4 is 11.6 Å². The van der Waals surface area contributed by atoms with Gasteiger partial charge in [0, 0.05) is 18.4 Å². The normalized spacial score (nSPS) is 30.4. The Balaban J connectivity index is 2.07. The number of hydrogen-bond acceptors (Lipinski definition) is 4. The molecule has 0 radical (unpaired) electrons. The molecule has 3 atom stereocenters. The first kappa shape index (κ1) is 10.2. The second-order valence-electron chi connectivity index (χ2n) is 4.45. The Labute approximate surface area is 90.3 Å². The molecule has 82 valence electrons. The van der Waals surface area contributed by atoms with Crippen LogP contribution in [0.15, 0.2) is 12.4 Å². The Morgan fingerprint density at radius 1 is 1.27 bits per heavy atom. The molecule has 3 N–H and O–H groups in total. The van der Waals surface area contributed by atoms with Crippen LogP contribution in [-0.2, 0) is 0 Å². The topological polar surface area (TPSA) is 63.8 Å². The van der Waals surface area contributed by atoms with Crippen LogP contribution in [0, 0.1) is 11.8 Å². The summed E-state index contributed by atoms with van der Waals surface area (Å²) in [6.07, 6.45) is 5.75. The third-order valence-electron chi connectivity index (χ3n) is 3.51. The van der Waals surface area contributed by atoms with Gasteiger partial charge in [0.05, 0.1) is 0 Å². The van der Waals surface area contributed by atoms with Crippen molar-refractivity contribution < 1.29 is 0 Å². The van der Waals surface area contributed by atoms with Crippen molar-refractivity contribution in [1.29, 1.82) is 0 Å². The molecule has 1 aromatic heterocycles. The molecule has 15 heavy (non-hydrogen) atoms. The van der Waals surface area contributed by atoms with Crippen LogP contribution in [-0.4, -0.2) is 16.0 Å². The Bertz CT molecular complexity index is 339. The van der Waals surface area contributed by atoms with Gasteiger partial charge < -0.3 is 11.1 Å². The van der Waals surface area contributed by atoms with E-state index in [1.54, 1.807) is 12.4 Å². The maximum absolute atomic E-state index is 5.74. The predicted octanol–water partition coefficient (Wildman–Crippen LogP) is 1.91. The highest BCUT2D eigenvalue weighted by Gasteiger charge is 2.30. The molecule has 4 heteroatoms. The number of rotatable bonds is 2. The summed E-state index contributed by atoms with van der Waals surface area (Å²) >= 11 is 0. The van der Waals surface area contributed by atoms with Crippen LogP contribution >= 0.6 is 0 Å². The quantitative estimate of drug-likeness (QED) is 0.775. The van der Waals surface area contributed by atoms with Gasteiger partial charge in [0.1, 0.15) is 0 Å². The number of nitrogens with two attached hydrogens (primary N) is 1. The molecule has 0 saturated heterocycles. The summed E-state index contributed by atoms with van der Waals surface area (Å²) in [5.41, 5.74) is 5.74. The zero-order chi connectivity index (χ0) is 10.8. The molecule has 1 aromatic rings. The Hall–Kier alpha value is -1.32. The largest absolute Gasteiger partial charge is 0.381 e. The van der Waals surface area contributed by atoms with E-state index in [1.165, 1.54) is 12.8 Å². The maximum Gasteiger partial charge on any atom is 0.169 e. The van der Waals surface area contributed by atoms with Crippen LogP contribution in [0.5, 0.6) is 0 Å². The fourth-order valence-corrected chi connectivity index (χ4v) is 2.20. The molecule has 0 amide bonds. The van der Waals surface area contributed by atoms with E-state index in [9.17, 15) is 0 Å². The number of nitrogens with one attached hydrogen (secondary N) is 1. The summed E-state index contributed by atoms with van der Waals surface area (Å²) in [5, 5.41) is 3.39. The first-order valence-corrected chi connectivity index (χ1v) is 5.51. The molecular formula is C11H18N4. The van der Waals surface area contributed by atoms with Crippen LogP contribution in [0.4, 0.5) is 11.6 Å². The van der Waals surface area contributed by atoms with Crippen molar-refractivity contribution in [2.45, 2.75) is 32.7 Å². The minimum Gasteiger partial charge on any atom is -0.381 e. The summed E-state index contributed by atoms with van der Waals surface area (Å²) in [4.78, 5) is 8.22. The van der Waals surface area contributed by atoms with Crippen LogP contribution in [0.25, 0.3) is 0 Å². The van der Waals surface area contributed by atoms with E-state index in [0.29, 0.717) is 17.8 Å². The van der Waals surface area contributed by atoms with Crippen LogP contribution in [0.3, 0.4) is 0 Å². The number of nitrogens with zero attached hydrogens (tertiary/aromatic N) is 2. The van der Waals surface area contributed by atoms with E-state index in [0.717, 1.165) is 11.7 Å². The van der Waals surface area contributed by atoms with Crippen molar-refractivity contribution in [3.8, 4) is 0 Å². The molecule has 1 saturated carbocycles. The number of nitrogen functional groups attached to an aromatic ring is 1. The van der Waals surface area contributed by atoms with Crippen molar-refractivity contribution in [1.82, 2.24) is 9.97 Å². The first-order chi connectivity index (χ1) is 7.18.